The number of thiazole rings is 1. The lowest BCUT2D eigenvalue weighted by Crippen LogP contribution is -2.38. The molecule has 0 amide bonds. The highest BCUT2D eigenvalue weighted by Gasteiger charge is 2.30. The lowest BCUT2D eigenvalue weighted by molar-refractivity contribution is 0.122. The Morgan fingerprint density at radius 1 is 1.00 bits per heavy atom. The Morgan fingerprint density at radius 2 is 1.74 bits per heavy atom. The van der Waals surface area contributed by atoms with Gasteiger partial charge in [-0.2, -0.15) is 0 Å². The van der Waals surface area contributed by atoms with Crippen LogP contribution in [-0.2, 0) is 14.8 Å². The zero-order valence-corrected chi connectivity index (χ0v) is 25.3. The zero-order chi connectivity index (χ0) is 30.0. The number of hydrogen-bond acceptors (Lipinski definition) is 9. The predicted molar refractivity (Wildman–Crippen MR) is 164 cm³/mol. The quantitative estimate of drug-likeness (QED) is 0.268. The summed E-state index contributed by atoms with van der Waals surface area (Å²) in [5.74, 6) is -0.206. The highest BCUT2D eigenvalue weighted by molar-refractivity contribution is 7.89. The number of hydrogen-bond donors (Lipinski definition) is 1. The Balaban J connectivity index is 1.27. The van der Waals surface area contributed by atoms with E-state index in [-0.39, 0.29) is 23.3 Å². The number of piperidine rings is 1. The Kier molecular flexibility index (Phi) is 8.66. The van der Waals surface area contributed by atoms with Gasteiger partial charge in [-0.25, -0.2) is 36.5 Å². The topological polar surface area (TPSA) is 101 Å². The molecule has 43 heavy (non-hydrogen) atoms. The number of rotatable bonds is 8. The molecule has 4 heterocycles. The van der Waals surface area contributed by atoms with Crippen molar-refractivity contribution in [3.63, 3.8) is 0 Å². The number of halogens is 2. The smallest absolute Gasteiger partial charge is 0.227 e. The first kappa shape index (κ1) is 29.5. The number of benzene rings is 2. The van der Waals surface area contributed by atoms with Gasteiger partial charge in [-0.15, -0.1) is 11.3 Å². The van der Waals surface area contributed by atoms with E-state index >= 15 is 4.39 Å². The number of sulfonamides is 1. The minimum absolute atomic E-state index is 0.0858. The average Bonchev–Trinajstić information content (AvgIpc) is 3.48. The van der Waals surface area contributed by atoms with Crippen molar-refractivity contribution in [1.82, 2.24) is 19.3 Å². The predicted octanol–water partition coefficient (Wildman–Crippen LogP) is 5.65. The van der Waals surface area contributed by atoms with Crippen molar-refractivity contribution in [3.8, 4) is 21.8 Å². The first-order valence-corrected chi connectivity index (χ1v) is 16.7. The van der Waals surface area contributed by atoms with E-state index in [1.165, 1.54) is 29.5 Å². The lowest BCUT2D eigenvalue weighted by Gasteiger charge is -2.29. The third kappa shape index (κ3) is 6.54. The van der Waals surface area contributed by atoms with Gasteiger partial charge in [0.15, 0.2) is 0 Å². The van der Waals surface area contributed by atoms with Crippen molar-refractivity contribution in [2.45, 2.75) is 25.7 Å². The highest BCUT2D eigenvalue weighted by Crippen LogP contribution is 2.41. The molecule has 2 aromatic carbocycles. The van der Waals surface area contributed by atoms with Crippen LogP contribution >= 0.6 is 11.3 Å². The van der Waals surface area contributed by atoms with E-state index in [0.717, 1.165) is 15.4 Å². The number of morpholine rings is 1. The van der Waals surface area contributed by atoms with Gasteiger partial charge in [-0.05, 0) is 68.3 Å². The maximum Gasteiger partial charge on any atom is 0.227 e. The van der Waals surface area contributed by atoms with E-state index in [1.54, 1.807) is 47.8 Å². The van der Waals surface area contributed by atoms with Gasteiger partial charge in [0.05, 0.1) is 45.9 Å². The second-order valence-corrected chi connectivity index (χ2v) is 13.8. The Morgan fingerprint density at radius 3 is 2.44 bits per heavy atom. The van der Waals surface area contributed by atoms with Crippen LogP contribution in [0, 0.1) is 11.6 Å². The molecule has 13 heteroatoms. The fraction of sp³-hybridized carbons (Fsp3) is 0.367. The van der Waals surface area contributed by atoms with Crippen LogP contribution in [0.1, 0.15) is 30.7 Å². The number of aromatic nitrogens is 3. The van der Waals surface area contributed by atoms with Crippen molar-refractivity contribution >= 4 is 38.7 Å². The molecule has 6 rings (SSSR count). The minimum atomic E-state index is -3.24. The lowest BCUT2D eigenvalue weighted by atomic mass is 9.99. The monoisotopic (exact) mass is 626 g/mol. The Bertz CT molecular complexity index is 1690. The molecule has 0 atom stereocenters. The van der Waals surface area contributed by atoms with Crippen molar-refractivity contribution in [3.05, 3.63) is 71.4 Å². The van der Waals surface area contributed by atoms with Crippen molar-refractivity contribution in [2.24, 2.45) is 0 Å². The second-order valence-electron chi connectivity index (χ2n) is 10.5. The van der Waals surface area contributed by atoms with Crippen molar-refractivity contribution in [2.75, 3.05) is 55.4 Å². The van der Waals surface area contributed by atoms with Gasteiger partial charge in [-0.1, -0.05) is 0 Å². The molecule has 0 radical (unpaired) electrons. The second kappa shape index (κ2) is 12.6. The van der Waals surface area contributed by atoms with E-state index in [2.05, 4.69) is 10.3 Å². The van der Waals surface area contributed by atoms with Crippen molar-refractivity contribution < 1.29 is 21.9 Å². The summed E-state index contributed by atoms with van der Waals surface area (Å²) in [7, 11) is -3.24. The molecule has 226 valence electrons. The molecule has 0 saturated carbocycles. The SMILES string of the molecule is CCS(=O)(=O)N1CCC(c2nc(-c3ccc(F)cc3)c(-c3ccnc(Nc4ccc(N5CCOCC5)c(F)c4)n3)s2)CC1. The first-order chi connectivity index (χ1) is 20.8. The van der Waals surface area contributed by atoms with Crippen LogP contribution < -0.4 is 10.2 Å². The van der Waals surface area contributed by atoms with Crippen LogP contribution in [0.25, 0.3) is 21.8 Å². The fourth-order valence-corrected chi connectivity index (χ4v) is 7.73. The largest absolute Gasteiger partial charge is 0.378 e. The van der Waals surface area contributed by atoms with Gasteiger partial charge in [0, 0.05) is 49.5 Å². The summed E-state index contributed by atoms with van der Waals surface area (Å²) in [4.78, 5) is 16.8. The number of nitrogens with zero attached hydrogens (tertiary/aromatic N) is 5. The Labute approximate surface area is 253 Å². The minimum Gasteiger partial charge on any atom is -0.378 e. The van der Waals surface area contributed by atoms with Gasteiger partial charge in [0.2, 0.25) is 16.0 Å². The summed E-state index contributed by atoms with van der Waals surface area (Å²) in [5, 5.41) is 4.00. The van der Waals surface area contributed by atoms with Gasteiger partial charge >= 0.3 is 0 Å². The van der Waals surface area contributed by atoms with Gasteiger partial charge in [-0.3, -0.25) is 0 Å². The summed E-state index contributed by atoms with van der Waals surface area (Å²) in [6.45, 7) is 4.97. The molecule has 9 nitrogen and oxygen atoms in total. The van der Waals surface area contributed by atoms with Gasteiger partial charge in [0.25, 0.3) is 0 Å². The van der Waals surface area contributed by atoms with Crippen LogP contribution in [0.4, 0.5) is 26.1 Å². The molecular formula is C30H32F2N6O3S2. The van der Waals surface area contributed by atoms with Crippen LogP contribution in [0.5, 0.6) is 0 Å². The van der Waals surface area contributed by atoms with Crippen molar-refractivity contribution in [1.29, 1.82) is 0 Å². The third-order valence-corrected chi connectivity index (χ3v) is 10.9. The molecule has 4 aromatic rings. The number of ether oxygens (including phenoxy) is 1. The third-order valence-electron chi connectivity index (χ3n) is 7.77. The summed E-state index contributed by atoms with van der Waals surface area (Å²) in [5.41, 5.74) is 3.09. The molecule has 2 aromatic heterocycles. The molecule has 2 aliphatic heterocycles. The Hall–Kier alpha value is -3.52. The first-order valence-electron chi connectivity index (χ1n) is 14.3. The molecule has 0 spiro atoms. The van der Waals surface area contributed by atoms with E-state index in [9.17, 15) is 12.8 Å². The maximum atomic E-state index is 15.0. The van der Waals surface area contributed by atoms with Gasteiger partial charge < -0.3 is 15.0 Å². The normalized spacial score (nSPS) is 16.9. The number of nitrogens with one attached hydrogen (secondary N) is 1. The van der Waals surface area contributed by atoms with Gasteiger partial charge in [0.1, 0.15) is 11.6 Å². The standard InChI is InChI=1S/C30H32F2N6O3S2/c1-2-43(39,40)38-13-10-21(11-14-38)29-36-27(20-3-5-22(31)6-4-20)28(42-29)25-9-12-33-30(35-25)34-23-7-8-26(24(32)19-23)37-15-17-41-18-16-37/h3-9,12,19,21H,2,10-11,13-18H2,1H3,(H,33,34,35). The van der Waals surface area contributed by atoms with Crippen LogP contribution in [-0.4, -0.2) is 72.8 Å². The van der Waals surface area contributed by atoms with E-state index in [4.69, 9.17) is 14.7 Å². The van der Waals surface area contributed by atoms with Crippen LogP contribution in [0.2, 0.25) is 0 Å². The highest BCUT2D eigenvalue weighted by atomic mass is 32.2. The molecule has 1 N–H and O–H groups in total. The summed E-state index contributed by atoms with van der Waals surface area (Å²) >= 11 is 1.50. The molecule has 2 fully saturated rings. The zero-order valence-electron chi connectivity index (χ0n) is 23.7. The van der Waals surface area contributed by atoms with E-state index in [0.29, 0.717) is 80.9 Å². The molecule has 0 aliphatic carbocycles. The molecule has 0 bridgehead atoms. The van der Waals surface area contributed by atoms with Crippen LogP contribution in [0.15, 0.2) is 54.7 Å². The molecule has 2 aliphatic rings. The summed E-state index contributed by atoms with van der Waals surface area (Å²) in [6, 6.07) is 12.9. The summed E-state index contributed by atoms with van der Waals surface area (Å²) in [6.07, 6.45) is 2.96. The molecule has 2 saturated heterocycles. The average molecular weight is 627 g/mol. The molecule has 0 unspecified atom stereocenters. The summed E-state index contributed by atoms with van der Waals surface area (Å²) < 4.78 is 60.4. The number of anilines is 3. The fourth-order valence-electron chi connectivity index (χ4n) is 5.37. The molecular weight excluding hydrogens is 594 g/mol. The van der Waals surface area contributed by atoms with E-state index in [1.807, 2.05) is 4.90 Å². The van der Waals surface area contributed by atoms with E-state index < -0.39 is 10.0 Å². The maximum absolute atomic E-state index is 15.0. The van der Waals surface area contributed by atoms with Crippen LogP contribution in [0.3, 0.4) is 0 Å².